The lowest BCUT2D eigenvalue weighted by Crippen LogP contribution is -2.49. The van der Waals surface area contributed by atoms with E-state index < -0.39 is 0 Å². The lowest BCUT2D eigenvalue weighted by atomic mass is 10.2. The summed E-state index contributed by atoms with van der Waals surface area (Å²) < 4.78 is 5.47. The van der Waals surface area contributed by atoms with Gasteiger partial charge in [-0.25, -0.2) is 0 Å². The van der Waals surface area contributed by atoms with Crippen molar-refractivity contribution in [2.45, 2.75) is 18.9 Å². The number of anilines is 1. The van der Waals surface area contributed by atoms with E-state index in [1.165, 1.54) is 0 Å². The van der Waals surface area contributed by atoms with Crippen molar-refractivity contribution in [2.75, 3.05) is 25.0 Å². The molecule has 2 rings (SSSR count). The lowest BCUT2D eigenvalue weighted by Gasteiger charge is -2.14. The summed E-state index contributed by atoms with van der Waals surface area (Å²) in [7, 11) is 0. The van der Waals surface area contributed by atoms with Crippen molar-refractivity contribution < 1.29 is 9.53 Å². The highest BCUT2D eigenvalue weighted by Gasteiger charge is 2.15. The van der Waals surface area contributed by atoms with Gasteiger partial charge >= 0.3 is 0 Å². The zero-order valence-corrected chi connectivity index (χ0v) is 12.5. The average Bonchev–Trinajstić information content (AvgIpc) is 3.03. The van der Waals surface area contributed by atoms with E-state index in [0.29, 0.717) is 11.7 Å². The quantitative estimate of drug-likeness (QED) is 0.476. The Labute approximate surface area is 129 Å². The van der Waals surface area contributed by atoms with E-state index in [4.69, 9.17) is 17.0 Å². The summed E-state index contributed by atoms with van der Waals surface area (Å²) in [6.07, 6.45) is 2.34. The summed E-state index contributed by atoms with van der Waals surface area (Å²) in [5.74, 6) is -0.194. The van der Waals surface area contributed by atoms with Gasteiger partial charge < -0.3 is 15.4 Å². The maximum atomic E-state index is 11.6. The summed E-state index contributed by atoms with van der Waals surface area (Å²) in [5, 5.41) is 6.41. The molecular weight excluding hydrogens is 288 g/mol. The van der Waals surface area contributed by atoms with Crippen LogP contribution in [0.2, 0.25) is 0 Å². The van der Waals surface area contributed by atoms with Crippen LogP contribution in [0, 0.1) is 0 Å². The Hall–Kier alpha value is -1.86. The van der Waals surface area contributed by atoms with E-state index in [2.05, 4.69) is 21.5 Å². The first kappa shape index (κ1) is 15.5. The minimum atomic E-state index is -0.194. The number of hydrazine groups is 1. The first-order valence-corrected chi connectivity index (χ1v) is 7.38. The van der Waals surface area contributed by atoms with E-state index in [-0.39, 0.29) is 18.6 Å². The molecule has 0 saturated carbocycles. The van der Waals surface area contributed by atoms with Gasteiger partial charge in [0.2, 0.25) is 0 Å². The lowest BCUT2D eigenvalue weighted by molar-refractivity contribution is -0.119. The average molecular weight is 308 g/mol. The van der Waals surface area contributed by atoms with Gasteiger partial charge in [0.15, 0.2) is 5.11 Å². The van der Waals surface area contributed by atoms with Crippen LogP contribution in [0.25, 0.3) is 0 Å². The maximum absolute atomic E-state index is 11.6. The zero-order valence-electron chi connectivity index (χ0n) is 11.7. The third-order valence-electron chi connectivity index (χ3n) is 3.06. The molecule has 0 aromatic heterocycles. The van der Waals surface area contributed by atoms with Crippen LogP contribution < -0.4 is 21.5 Å². The Morgan fingerprint density at radius 2 is 2.10 bits per heavy atom. The normalized spacial score (nSPS) is 17.0. The van der Waals surface area contributed by atoms with Crippen LogP contribution in [0.1, 0.15) is 12.8 Å². The predicted octanol–water partition coefficient (Wildman–Crippen LogP) is 0.773. The molecule has 0 radical (unpaired) electrons. The molecule has 1 amide bonds. The standard InChI is InChI=1S/C14H20N4O2S/c19-13(10-15-11-5-2-1-3-6-11)17-18-14(21)16-9-12-7-4-8-20-12/h1-3,5-6,12,15H,4,7-10H2,(H,17,19)(H2,16,18,21)/t12-/m1/s1. The molecule has 1 saturated heterocycles. The molecule has 0 aliphatic carbocycles. The Bertz CT molecular complexity index is 463. The molecule has 1 fully saturated rings. The van der Waals surface area contributed by atoms with Crippen molar-refractivity contribution in [1.29, 1.82) is 0 Å². The molecule has 1 aromatic rings. The number of amides is 1. The van der Waals surface area contributed by atoms with Gasteiger partial charge in [-0.2, -0.15) is 0 Å². The number of rotatable bonds is 5. The molecule has 7 heteroatoms. The number of thiocarbonyl (C=S) groups is 1. The van der Waals surface area contributed by atoms with E-state index in [0.717, 1.165) is 25.1 Å². The minimum absolute atomic E-state index is 0.172. The maximum Gasteiger partial charge on any atom is 0.257 e. The number of benzene rings is 1. The van der Waals surface area contributed by atoms with Gasteiger partial charge in [-0.15, -0.1) is 0 Å². The molecule has 21 heavy (non-hydrogen) atoms. The van der Waals surface area contributed by atoms with Crippen molar-refractivity contribution >= 4 is 28.9 Å². The molecule has 0 bridgehead atoms. The van der Waals surface area contributed by atoms with E-state index in [1.54, 1.807) is 0 Å². The number of ether oxygens (including phenoxy) is 1. The monoisotopic (exact) mass is 308 g/mol. The Balaban J connectivity index is 1.56. The van der Waals surface area contributed by atoms with Crippen LogP contribution in [-0.4, -0.2) is 36.8 Å². The van der Waals surface area contributed by atoms with Gasteiger partial charge in [0.1, 0.15) is 0 Å². The fourth-order valence-electron chi connectivity index (χ4n) is 1.97. The summed E-state index contributed by atoms with van der Waals surface area (Å²) in [6.45, 7) is 1.64. The molecule has 1 aromatic carbocycles. The number of carbonyl (C=O) groups excluding carboxylic acids is 1. The second-order valence-corrected chi connectivity index (χ2v) is 5.15. The van der Waals surface area contributed by atoms with E-state index in [9.17, 15) is 4.79 Å². The van der Waals surface area contributed by atoms with Crippen LogP contribution in [0.3, 0.4) is 0 Å². The Morgan fingerprint density at radius 1 is 1.29 bits per heavy atom. The SMILES string of the molecule is O=C(CNc1ccccc1)NNC(=S)NC[C@H]1CCCO1. The number of hydrogen-bond donors (Lipinski definition) is 4. The fraction of sp³-hybridized carbons (Fsp3) is 0.429. The molecule has 6 nitrogen and oxygen atoms in total. The molecule has 1 aliphatic heterocycles. The Kier molecular flexibility index (Phi) is 6.23. The van der Waals surface area contributed by atoms with Gasteiger partial charge in [0.25, 0.3) is 5.91 Å². The smallest absolute Gasteiger partial charge is 0.257 e. The van der Waals surface area contributed by atoms with Crippen molar-refractivity contribution in [3.05, 3.63) is 30.3 Å². The molecule has 1 atom stereocenters. The summed E-state index contributed by atoms with van der Waals surface area (Å²) in [5.41, 5.74) is 6.10. The topological polar surface area (TPSA) is 74.4 Å². The fourth-order valence-corrected chi connectivity index (χ4v) is 2.10. The summed E-state index contributed by atoms with van der Waals surface area (Å²) in [4.78, 5) is 11.6. The zero-order chi connectivity index (χ0) is 14.9. The number of carbonyl (C=O) groups is 1. The largest absolute Gasteiger partial charge is 0.376 e. The molecule has 4 N–H and O–H groups in total. The summed E-state index contributed by atoms with van der Waals surface area (Å²) >= 11 is 5.07. The number of nitrogens with one attached hydrogen (secondary N) is 4. The van der Waals surface area contributed by atoms with Gasteiger partial charge in [-0.3, -0.25) is 15.6 Å². The number of para-hydroxylation sites is 1. The van der Waals surface area contributed by atoms with Crippen molar-refractivity contribution in [2.24, 2.45) is 0 Å². The second kappa shape index (κ2) is 8.43. The molecule has 1 heterocycles. The van der Waals surface area contributed by atoms with E-state index >= 15 is 0 Å². The minimum Gasteiger partial charge on any atom is -0.376 e. The highest BCUT2D eigenvalue weighted by Crippen LogP contribution is 2.10. The number of hydrogen-bond acceptors (Lipinski definition) is 4. The third-order valence-corrected chi connectivity index (χ3v) is 3.30. The molecule has 1 aliphatic rings. The van der Waals surface area contributed by atoms with Gasteiger partial charge in [0.05, 0.1) is 12.6 Å². The Morgan fingerprint density at radius 3 is 2.81 bits per heavy atom. The highest BCUT2D eigenvalue weighted by atomic mass is 32.1. The van der Waals surface area contributed by atoms with Gasteiger partial charge in [0, 0.05) is 18.8 Å². The first-order valence-electron chi connectivity index (χ1n) is 6.97. The summed E-state index contributed by atoms with van der Waals surface area (Å²) in [6, 6.07) is 9.53. The second-order valence-electron chi connectivity index (χ2n) is 4.74. The van der Waals surface area contributed by atoms with Gasteiger partial charge in [-0.05, 0) is 37.2 Å². The van der Waals surface area contributed by atoms with Crippen LogP contribution in [0.15, 0.2) is 30.3 Å². The molecular formula is C14H20N4O2S. The van der Waals surface area contributed by atoms with Crippen LogP contribution in [-0.2, 0) is 9.53 Å². The third kappa shape index (κ3) is 5.97. The van der Waals surface area contributed by atoms with Crippen molar-refractivity contribution in [3.8, 4) is 0 Å². The first-order chi connectivity index (χ1) is 10.2. The van der Waals surface area contributed by atoms with Crippen LogP contribution >= 0.6 is 12.2 Å². The van der Waals surface area contributed by atoms with Crippen molar-refractivity contribution in [3.63, 3.8) is 0 Å². The van der Waals surface area contributed by atoms with Gasteiger partial charge in [-0.1, -0.05) is 18.2 Å². The highest BCUT2D eigenvalue weighted by molar-refractivity contribution is 7.80. The van der Waals surface area contributed by atoms with E-state index in [1.807, 2.05) is 30.3 Å². The van der Waals surface area contributed by atoms with Crippen LogP contribution in [0.4, 0.5) is 5.69 Å². The molecule has 0 spiro atoms. The molecule has 114 valence electrons. The predicted molar refractivity (Wildman–Crippen MR) is 85.8 cm³/mol. The van der Waals surface area contributed by atoms with Crippen molar-refractivity contribution in [1.82, 2.24) is 16.2 Å². The molecule has 0 unspecified atom stereocenters. The van der Waals surface area contributed by atoms with Crippen LogP contribution in [0.5, 0.6) is 0 Å².